The minimum atomic E-state index is 0.482. The van der Waals surface area contributed by atoms with Gasteiger partial charge in [0.2, 0.25) is 0 Å². The number of hydrogen-bond acceptors (Lipinski definition) is 1. The molecule has 0 aliphatic rings. The average molecular weight is 297 g/mol. The molecule has 0 aliphatic carbocycles. The second kappa shape index (κ2) is 10.0. The van der Waals surface area contributed by atoms with Crippen molar-refractivity contribution in [3.05, 3.63) is 65.7 Å². The van der Waals surface area contributed by atoms with Gasteiger partial charge in [0, 0.05) is 11.6 Å². The van der Waals surface area contributed by atoms with Crippen molar-refractivity contribution in [1.29, 1.82) is 0 Å². The molecule has 1 nitrogen and oxygen atoms in total. The number of nitrogens with two attached hydrogens (primary N) is 1. The smallest absolute Gasteiger partial charge is 0.0314 e. The largest absolute Gasteiger partial charge is 0.399 e. The van der Waals surface area contributed by atoms with Gasteiger partial charge in [0.1, 0.15) is 0 Å². The van der Waals surface area contributed by atoms with Crippen LogP contribution in [0.15, 0.2) is 54.6 Å². The van der Waals surface area contributed by atoms with E-state index in [4.69, 9.17) is 5.73 Å². The van der Waals surface area contributed by atoms with Gasteiger partial charge < -0.3 is 5.73 Å². The minimum Gasteiger partial charge on any atom is -0.399 e. The second-order valence-electron chi connectivity index (χ2n) is 5.95. The van der Waals surface area contributed by atoms with Crippen molar-refractivity contribution in [2.75, 3.05) is 5.73 Å². The summed E-state index contributed by atoms with van der Waals surface area (Å²) < 4.78 is 0. The van der Waals surface area contributed by atoms with Crippen molar-refractivity contribution in [3.8, 4) is 0 Å². The first-order valence-electron chi connectivity index (χ1n) is 8.57. The van der Waals surface area contributed by atoms with Gasteiger partial charge in [0.25, 0.3) is 0 Å². The molecule has 0 bridgehead atoms. The summed E-state index contributed by atoms with van der Waals surface area (Å²) in [7, 11) is 0. The highest BCUT2D eigenvalue weighted by Crippen LogP contribution is 2.30. The van der Waals surface area contributed by atoms with Crippen LogP contribution in [0.1, 0.15) is 64.0 Å². The molecule has 120 valence electrons. The molecule has 1 atom stereocenters. The summed E-state index contributed by atoms with van der Waals surface area (Å²) in [5.41, 5.74) is 9.41. The number of nitrogen functional groups attached to an aromatic ring is 1. The van der Waals surface area contributed by atoms with Crippen LogP contribution in [0.25, 0.3) is 0 Å². The predicted octanol–water partition coefficient (Wildman–Crippen LogP) is 6.25. The zero-order chi connectivity index (χ0) is 16.4. The molecule has 0 radical (unpaired) electrons. The molecule has 1 unspecified atom stereocenters. The Hall–Kier alpha value is -1.76. The first-order valence-corrected chi connectivity index (χ1v) is 8.57. The lowest BCUT2D eigenvalue weighted by molar-refractivity contribution is 0.521. The molecule has 0 heterocycles. The SMILES string of the molecule is CC.CC(C)CCCC(c1ccccc1)c1ccc(N)cc1. The van der Waals surface area contributed by atoms with Crippen molar-refractivity contribution in [1.82, 2.24) is 0 Å². The first kappa shape index (κ1) is 18.3. The molecular weight excluding hydrogens is 266 g/mol. The van der Waals surface area contributed by atoms with Crippen molar-refractivity contribution >= 4 is 5.69 Å². The van der Waals surface area contributed by atoms with Crippen LogP contribution >= 0.6 is 0 Å². The van der Waals surface area contributed by atoms with Gasteiger partial charge in [-0.25, -0.2) is 0 Å². The van der Waals surface area contributed by atoms with Crippen LogP contribution in [0.4, 0.5) is 5.69 Å². The lowest BCUT2D eigenvalue weighted by Gasteiger charge is -2.19. The first-order chi connectivity index (χ1) is 10.7. The second-order valence-corrected chi connectivity index (χ2v) is 5.95. The van der Waals surface area contributed by atoms with Crippen LogP contribution in [-0.4, -0.2) is 0 Å². The Balaban J connectivity index is 0.00000116. The fourth-order valence-corrected chi connectivity index (χ4v) is 2.67. The zero-order valence-electron chi connectivity index (χ0n) is 14.5. The normalized spacial score (nSPS) is 11.7. The van der Waals surface area contributed by atoms with Crippen molar-refractivity contribution in [2.45, 2.75) is 52.9 Å². The number of anilines is 1. The molecular formula is C21H31N. The molecule has 1 heteroatoms. The standard InChI is InChI=1S/C19H25N.C2H6/c1-15(2)7-6-10-19(16-8-4-3-5-9-16)17-11-13-18(20)14-12-17;1-2/h3-5,8-9,11-15,19H,6-7,10,20H2,1-2H3;1-2H3. The predicted molar refractivity (Wildman–Crippen MR) is 99.2 cm³/mol. The van der Waals surface area contributed by atoms with Gasteiger partial charge in [-0.2, -0.15) is 0 Å². The molecule has 0 saturated carbocycles. The van der Waals surface area contributed by atoms with Gasteiger partial charge in [0.05, 0.1) is 0 Å². The quantitative estimate of drug-likeness (QED) is 0.626. The maximum absolute atomic E-state index is 5.81. The van der Waals surface area contributed by atoms with Gasteiger partial charge in [-0.05, 0) is 35.6 Å². The Bertz CT molecular complexity index is 499. The van der Waals surface area contributed by atoms with E-state index in [1.807, 2.05) is 26.0 Å². The summed E-state index contributed by atoms with van der Waals surface area (Å²) in [6.45, 7) is 8.58. The van der Waals surface area contributed by atoms with Gasteiger partial charge >= 0.3 is 0 Å². The van der Waals surface area contributed by atoms with E-state index in [2.05, 4.69) is 56.3 Å². The van der Waals surface area contributed by atoms with E-state index >= 15 is 0 Å². The summed E-state index contributed by atoms with van der Waals surface area (Å²) in [5.74, 6) is 1.26. The third-order valence-corrected chi connectivity index (χ3v) is 3.82. The van der Waals surface area contributed by atoms with Crippen LogP contribution in [0.3, 0.4) is 0 Å². The molecule has 0 amide bonds. The summed E-state index contributed by atoms with van der Waals surface area (Å²) >= 11 is 0. The van der Waals surface area contributed by atoms with E-state index in [1.54, 1.807) is 0 Å². The van der Waals surface area contributed by atoms with Crippen LogP contribution in [-0.2, 0) is 0 Å². The summed E-state index contributed by atoms with van der Waals surface area (Å²) in [6, 6.07) is 19.2. The molecule has 2 N–H and O–H groups in total. The number of benzene rings is 2. The molecule has 0 aliphatic heterocycles. The van der Waals surface area contributed by atoms with E-state index < -0.39 is 0 Å². The fraction of sp³-hybridized carbons (Fsp3) is 0.429. The Morgan fingerprint density at radius 1 is 0.773 bits per heavy atom. The van der Waals surface area contributed by atoms with E-state index in [0.717, 1.165) is 11.6 Å². The number of rotatable bonds is 6. The minimum absolute atomic E-state index is 0.482. The molecule has 0 fully saturated rings. The highest BCUT2D eigenvalue weighted by Gasteiger charge is 2.13. The number of hydrogen-bond donors (Lipinski definition) is 1. The summed E-state index contributed by atoms with van der Waals surface area (Å²) in [5, 5.41) is 0. The van der Waals surface area contributed by atoms with Crippen LogP contribution < -0.4 is 5.73 Å². The molecule has 2 aromatic carbocycles. The van der Waals surface area contributed by atoms with E-state index in [-0.39, 0.29) is 0 Å². The topological polar surface area (TPSA) is 26.0 Å². The molecule has 0 aromatic heterocycles. The molecule has 0 spiro atoms. The van der Waals surface area contributed by atoms with Crippen molar-refractivity contribution in [2.24, 2.45) is 5.92 Å². The van der Waals surface area contributed by atoms with Crippen molar-refractivity contribution in [3.63, 3.8) is 0 Å². The van der Waals surface area contributed by atoms with E-state index in [9.17, 15) is 0 Å². The van der Waals surface area contributed by atoms with Gasteiger partial charge in [-0.1, -0.05) is 83.0 Å². The van der Waals surface area contributed by atoms with Crippen LogP contribution in [0, 0.1) is 5.92 Å². The maximum atomic E-state index is 5.81. The Morgan fingerprint density at radius 3 is 1.86 bits per heavy atom. The summed E-state index contributed by atoms with van der Waals surface area (Å²) in [4.78, 5) is 0. The maximum Gasteiger partial charge on any atom is 0.0314 e. The highest BCUT2D eigenvalue weighted by atomic mass is 14.5. The molecule has 2 rings (SSSR count). The van der Waals surface area contributed by atoms with E-state index in [0.29, 0.717) is 5.92 Å². The third kappa shape index (κ3) is 5.93. The average Bonchev–Trinajstić information content (AvgIpc) is 2.55. The highest BCUT2D eigenvalue weighted by molar-refractivity contribution is 5.42. The van der Waals surface area contributed by atoms with Crippen LogP contribution in [0.5, 0.6) is 0 Å². The zero-order valence-corrected chi connectivity index (χ0v) is 14.5. The van der Waals surface area contributed by atoms with Crippen molar-refractivity contribution < 1.29 is 0 Å². The monoisotopic (exact) mass is 297 g/mol. The lowest BCUT2D eigenvalue weighted by Crippen LogP contribution is -2.02. The Labute approximate surface area is 136 Å². The van der Waals surface area contributed by atoms with E-state index in [1.165, 1.54) is 30.4 Å². The fourth-order valence-electron chi connectivity index (χ4n) is 2.67. The van der Waals surface area contributed by atoms with Gasteiger partial charge in [0.15, 0.2) is 0 Å². The summed E-state index contributed by atoms with van der Waals surface area (Å²) in [6.07, 6.45) is 3.76. The Kier molecular flexibility index (Phi) is 8.35. The molecule has 22 heavy (non-hydrogen) atoms. The third-order valence-electron chi connectivity index (χ3n) is 3.82. The lowest BCUT2D eigenvalue weighted by atomic mass is 9.86. The molecule has 2 aromatic rings. The Morgan fingerprint density at radius 2 is 1.32 bits per heavy atom. The van der Waals surface area contributed by atoms with Crippen LogP contribution in [0.2, 0.25) is 0 Å². The van der Waals surface area contributed by atoms with Gasteiger partial charge in [-0.3, -0.25) is 0 Å². The van der Waals surface area contributed by atoms with Gasteiger partial charge in [-0.15, -0.1) is 0 Å². The molecule has 0 saturated heterocycles.